The average molecular weight is 302 g/mol. The van der Waals surface area contributed by atoms with Crippen LogP contribution in [-0.4, -0.2) is 18.6 Å². The fourth-order valence-electron chi connectivity index (χ4n) is 3.02. The molecule has 2 atom stereocenters. The molecule has 1 amide bonds. The molecule has 22 heavy (non-hydrogen) atoms. The van der Waals surface area contributed by atoms with Gasteiger partial charge in [0, 0.05) is 12.6 Å². The molecule has 1 aromatic rings. The van der Waals surface area contributed by atoms with Gasteiger partial charge in [0.25, 0.3) is 5.91 Å². The van der Waals surface area contributed by atoms with E-state index >= 15 is 0 Å². The molecule has 120 valence electrons. The number of rotatable bonds is 6. The summed E-state index contributed by atoms with van der Waals surface area (Å²) in [5, 5.41) is 0. The monoisotopic (exact) mass is 302 g/mol. The van der Waals surface area contributed by atoms with Gasteiger partial charge in [0.2, 0.25) is 0 Å². The maximum absolute atomic E-state index is 12.3. The number of carbonyl (C=O) groups is 1. The summed E-state index contributed by atoms with van der Waals surface area (Å²) in [7, 11) is 0. The molecule has 1 heterocycles. The minimum absolute atomic E-state index is 0.0275. The van der Waals surface area contributed by atoms with Gasteiger partial charge in [0.15, 0.2) is 6.10 Å². The summed E-state index contributed by atoms with van der Waals surface area (Å²) in [6.07, 6.45) is 3.34. The van der Waals surface area contributed by atoms with Crippen molar-refractivity contribution in [2.45, 2.75) is 45.8 Å². The number of hydrogen-bond donors (Lipinski definition) is 1. The van der Waals surface area contributed by atoms with Crippen LogP contribution in [-0.2, 0) is 4.79 Å². The highest BCUT2D eigenvalue weighted by Crippen LogP contribution is 2.37. The topological polar surface area (TPSA) is 55.6 Å². The first-order chi connectivity index (χ1) is 10.5. The average Bonchev–Trinajstić information content (AvgIpc) is 2.52. The van der Waals surface area contributed by atoms with Crippen molar-refractivity contribution in [1.82, 2.24) is 0 Å². The normalized spacial score (nSPS) is 18.9. The molecule has 0 spiro atoms. The number of fused-ring (bicyclic) bond motifs is 1. The van der Waals surface area contributed by atoms with Crippen LogP contribution in [0.5, 0.6) is 5.75 Å². The van der Waals surface area contributed by atoms with Crippen molar-refractivity contribution < 1.29 is 9.53 Å². The first-order valence-electron chi connectivity index (χ1n) is 8.01. The van der Waals surface area contributed by atoms with Crippen LogP contribution in [0.4, 0.5) is 5.69 Å². The lowest BCUT2D eigenvalue weighted by molar-refractivity contribution is -0.125. The minimum atomic E-state index is -0.467. The van der Waals surface area contributed by atoms with Crippen LogP contribution >= 0.6 is 0 Å². The first-order valence-corrected chi connectivity index (χ1v) is 8.01. The molecule has 2 N–H and O–H groups in total. The molecule has 0 saturated heterocycles. The van der Waals surface area contributed by atoms with Gasteiger partial charge in [-0.15, -0.1) is 6.58 Å². The zero-order valence-corrected chi connectivity index (χ0v) is 13.7. The highest BCUT2D eigenvalue weighted by Gasteiger charge is 2.31. The second-order valence-corrected chi connectivity index (χ2v) is 5.83. The summed E-state index contributed by atoms with van der Waals surface area (Å²) in [6, 6.07) is 5.90. The largest absolute Gasteiger partial charge is 0.479 e. The molecule has 2 unspecified atom stereocenters. The predicted octanol–water partition coefficient (Wildman–Crippen LogP) is 3.42. The maximum atomic E-state index is 12.3. The number of ether oxygens (including phenoxy) is 1. The molecule has 0 aliphatic carbocycles. The summed E-state index contributed by atoms with van der Waals surface area (Å²) in [5.41, 5.74) is 8.25. The fraction of sp³-hybridized carbons (Fsp3) is 0.500. The molecule has 0 bridgehead atoms. The van der Waals surface area contributed by atoms with E-state index in [-0.39, 0.29) is 11.9 Å². The third-order valence-electron chi connectivity index (χ3n) is 4.44. The van der Waals surface area contributed by atoms with Crippen molar-refractivity contribution in [1.29, 1.82) is 0 Å². The number of nitrogens with two attached hydrogens (primary N) is 1. The van der Waals surface area contributed by atoms with Crippen LogP contribution in [0.1, 0.15) is 45.2 Å². The van der Waals surface area contributed by atoms with Gasteiger partial charge in [0.05, 0.1) is 5.69 Å². The Hall–Kier alpha value is -1.81. The number of hydrogen-bond acceptors (Lipinski definition) is 3. The van der Waals surface area contributed by atoms with Crippen LogP contribution in [0.3, 0.4) is 0 Å². The Balaban J connectivity index is 2.40. The molecule has 1 aliphatic rings. The predicted molar refractivity (Wildman–Crippen MR) is 90.1 cm³/mol. The zero-order valence-electron chi connectivity index (χ0n) is 13.7. The van der Waals surface area contributed by atoms with Crippen molar-refractivity contribution in [3.05, 3.63) is 36.4 Å². The van der Waals surface area contributed by atoms with Crippen molar-refractivity contribution >= 4 is 11.6 Å². The van der Waals surface area contributed by atoms with Crippen molar-refractivity contribution in [2.75, 3.05) is 11.4 Å². The minimum Gasteiger partial charge on any atom is -0.479 e. The Bertz CT molecular complexity index is 552. The van der Waals surface area contributed by atoms with E-state index in [0.29, 0.717) is 12.5 Å². The maximum Gasteiger partial charge on any atom is 0.268 e. The van der Waals surface area contributed by atoms with E-state index in [0.717, 1.165) is 29.8 Å². The second-order valence-electron chi connectivity index (χ2n) is 5.83. The van der Waals surface area contributed by atoms with E-state index in [1.54, 1.807) is 17.9 Å². The Morgan fingerprint density at radius 2 is 2.09 bits per heavy atom. The summed E-state index contributed by atoms with van der Waals surface area (Å²) < 4.78 is 5.70. The van der Waals surface area contributed by atoms with E-state index in [2.05, 4.69) is 20.4 Å². The Labute approximate surface area is 132 Å². The van der Waals surface area contributed by atoms with E-state index in [9.17, 15) is 4.79 Å². The first kappa shape index (κ1) is 16.6. The number of anilines is 1. The number of nitrogens with zero attached hydrogens (tertiary/aromatic N) is 1. The van der Waals surface area contributed by atoms with Crippen molar-refractivity contribution in [3.63, 3.8) is 0 Å². The van der Waals surface area contributed by atoms with Gasteiger partial charge in [-0.1, -0.05) is 38.8 Å². The summed E-state index contributed by atoms with van der Waals surface area (Å²) in [6.45, 7) is 10.3. The van der Waals surface area contributed by atoms with Gasteiger partial charge in [-0.05, 0) is 30.5 Å². The molecule has 1 aromatic carbocycles. The number of benzene rings is 1. The van der Waals surface area contributed by atoms with E-state index < -0.39 is 6.10 Å². The molecule has 0 aromatic heterocycles. The lowest BCUT2D eigenvalue weighted by Crippen LogP contribution is -2.44. The number of carbonyl (C=O) groups excluding carboxylic acids is 1. The summed E-state index contributed by atoms with van der Waals surface area (Å²) in [4.78, 5) is 14.0. The molecule has 0 saturated carbocycles. The Kier molecular flexibility index (Phi) is 5.24. The second kappa shape index (κ2) is 6.97. The highest BCUT2D eigenvalue weighted by molar-refractivity contribution is 6.00. The fourth-order valence-corrected chi connectivity index (χ4v) is 3.02. The standard InChI is InChI=1S/C18H26N2O2/c1-5-10-20-15-11-14(17(19)13(6-2)7-3)8-9-16(15)22-12(4)18(20)21/h5,8-9,11-13,17H,1,6-7,10,19H2,2-4H3. The van der Waals surface area contributed by atoms with Crippen molar-refractivity contribution in [3.8, 4) is 5.75 Å². The van der Waals surface area contributed by atoms with Gasteiger partial charge in [-0.3, -0.25) is 4.79 Å². The molecule has 0 fully saturated rings. The van der Waals surface area contributed by atoms with Gasteiger partial charge in [0.1, 0.15) is 5.75 Å². The van der Waals surface area contributed by atoms with Gasteiger partial charge < -0.3 is 15.4 Å². The zero-order chi connectivity index (χ0) is 16.3. The lowest BCUT2D eigenvalue weighted by Gasteiger charge is -2.33. The molecule has 4 nitrogen and oxygen atoms in total. The summed E-state index contributed by atoms with van der Waals surface area (Å²) in [5.74, 6) is 1.13. The molecular formula is C18H26N2O2. The van der Waals surface area contributed by atoms with Crippen molar-refractivity contribution in [2.24, 2.45) is 11.7 Å². The third kappa shape index (κ3) is 3.02. The van der Waals surface area contributed by atoms with E-state index in [1.165, 1.54) is 0 Å². The third-order valence-corrected chi connectivity index (χ3v) is 4.44. The lowest BCUT2D eigenvalue weighted by atomic mass is 9.89. The number of amides is 1. The highest BCUT2D eigenvalue weighted by atomic mass is 16.5. The van der Waals surface area contributed by atoms with Crippen LogP contribution < -0.4 is 15.4 Å². The van der Waals surface area contributed by atoms with Crippen LogP contribution in [0.15, 0.2) is 30.9 Å². The van der Waals surface area contributed by atoms with Gasteiger partial charge in [-0.2, -0.15) is 0 Å². The smallest absolute Gasteiger partial charge is 0.268 e. The molecule has 4 heteroatoms. The van der Waals surface area contributed by atoms with Crippen LogP contribution in [0.2, 0.25) is 0 Å². The molecular weight excluding hydrogens is 276 g/mol. The SMILES string of the molecule is C=CCN1C(=O)C(C)Oc2ccc(C(N)C(CC)CC)cc21. The molecule has 0 radical (unpaired) electrons. The Morgan fingerprint density at radius 3 is 2.68 bits per heavy atom. The van der Waals surface area contributed by atoms with E-state index in [1.807, 2.05) is 18.2 Å². The van der Waals surface area contributed by atoms with Crippen LogP contribution in [0.25, 0.3) is 0 Å². The van der Waals surface area contributed by atoms with E-state index in [4.69, 9.17) is 10.5 Å². The van der Waals surface area contributed by atoms with Gasteiger partial charge in [-0.25, -0.2) is 0 Å². The summed E-state index contributed by atoms with van der Waals surface area (Å²) >= 11 is 0. The van der Waals surface area contributed by atoms with Crippen LogP contribution in [0, 0.1) is 5.92 Å². The Morgan fingerprint density at radius 1 is 1.41 bits per heavy atom. The quantitative estimate of drug-likeness (QED) is 0.819. The molecule has 2 rings (SSSR count). The van der Waals surface area contributed by atoms with Gasteiger partial charge >= 0.3 is 0 Å². The molecule has 1 aliphatic heterocycles.